The second-order valence-corrected chi connectivity index (χ2v) is 6.41. The summed E-state index contributed by atoms with van der Waals surface area (Å²) in [7, 11) is 0. The van der Waals surface area contributed by atoms with Crippen LogP contribution in [0.15, 0.2) is 60.3 Å². The molecule has 0 aliphatic carbocycles. The number of nitrogens with zero attached hydrogens (tertiary/aromatic N) is 3. The summed E-state index contributed by atoms with van der Waals surface area (Å²) in [4.78, 5) is 25.5. The van der Waals surface area contributed by atoms with Crippen molar-refractivity contribution in [3.63, 3.8) is 0 Å². The number of hydrogen-bond acceptors (Lipinski definition) is 7. The predicted molar refractivity (Wildman–Crippen MR) is 96.8 cm³/mol. The molecule has 0 saturated carbocycles. The van der Waals surface area contributed by atoms with Crippen LogP contribution in [0.1, 0.15) is 13.8 Å². The van der Waals surface area contributed by atoms with Gasteiger partial charge in [-0.15, -0.1) is 10.2 Å². The number of carbonyl (C=O) groups excluding carboxylic acids is 2. The fraction of sp³-hybridized carbons (Fsp3) is 0.158. The van der Waals surface area contributed by atoms with Crippen molar-refractivity contribution in [1.29, 1.82) is 0 Å². The Bertz CT molecular complexity index is 1050. The summed E-state index contributed by atoms with van der Waals surface area (Å²) in [6, 6.07) is 14.9. The first-order chi connectivity index (χ1) is 12.9. The van der Waals surface area contributed by atoms with Crippen LogP contribution in [-0.4, -0.2) is 32.7 Å². The average Bonchev–Trinajstić information content (AvgIpc) is 3.04. The van der Waals surface area contributed by atoms with Gasteiger partial charge in [-0.1, -0.05) is 18.2 Å². The van der Waals surface area contributed by atoms with Gasteiger partial charge in [-0.2, -0.15) is 4.80 Å². The van der Waals surface area contributed by atoms with Gasteiger partial charge in [-0.3, -0.25) is 0 Å². The van der Waals surface area contributed by atoms with Gasteiger partial charge >= 0.3 is 11.9 Å². The maximum absolute atomic E-state index is 12.0. The van der Waals surface area contributed by atoms with Crippen LogP contribution in [0.25, 0.3) is 16.7 Å². The number of ether oxygens (including phenoxy) is 2. The lowest BCUT2D eigenvalue weighted by Crippen LogP contribution is -2.42. The van der Waals surface area contributed by atoms with Gasteiger partial charge in [-0.25, -0.2) is 9.59 Å². The van der Waals surface area contributed by atoms with Gasteiger partial charge < -0.3 is 14.8 Å². The van der Waals surface area contributed by atoms with Gasteiger partial charge in [0.05, 0.1) is 5.69 Å². The number of benzene rings is 2. The summed E-state index contributed by atoms with van der Waals surface area (Å²) in [5.74, 6) is -2.74. The smallest absolute Gasteiger partial charge is 0.350 e. The van der Waals surface area contributed by atoms with E-state index >= 15 is 0 Å². The summed E-state index contributed by atoms with van der Waals surface area (Å²) < 4.78 is 10.1. The molecule has 0 unspecified atom stereocenters. The number of carbonyl (C=O) groups is 2. The standard InChI is InChI=1S/C19H16N4O4/c1-19(2)26-17(24)14(18(25)27-19)11-20-12-8-9-15-16(10-12)22-23(21-15)13-6-4-3-5-7-13/h3-11,20H,1-2H3. The third-order valence-corrected chi connectivity index (χ3v) is 3.87. The van der Waals surface area contributed by atoms with Crippen LogP contribution < -0.4 is 5.32 Å². The zero-order valence-electron chi connectivity index (χ0n) is 14.7. The van der Waals surface area contributed by atoms with Gasteiger partial charge in [0.1, 0.15) is 11.0 Å². The molecular weight excluding hydrogens is 348 g/mol. The third kappa shape index (κ3) is 3.37. The molecule has 0 spiro atoms. The van der Waals surface area contributed by atoms with Crippen LogP contribution in [0.4, 0.5) is 5.69 Å². The number of anilines is 1. The molecule has 0 atom stereocenters. The molecule has 27 heavy (non-hydrogen) atoms. The Hall–Kier alpha value is -3.68. The fourth-order valence-corrected chi connectivity index (χ4v) is 2.62. The van der Waals surface area contributed by atoms with E-state index in [1.807, 2.05) is 30.3 Å². The Morgan fingerprint density at radius 3 is 2.33 bits per heavy atom. The molecule has 1 aromatic heterocycles. The summed E-state index contributed by atoms with van der Waals surface area (Å²) in [5.41, 5.74) is 2.66. The number of hydrogen-bond donors (Lipinski definition) is 1. The zero-order chi connectivity index (χ0) is 19.0. The molecule has 1 aliphatic heterocycles. The number of esters is 2. The third-order valence-electron chi connectivity index (χ3n) is 3.87. The zero-order valence-corrected chi connectivity index (χ0v) is 14.7. The Kier molecular flexibility index (Phi) is 3.88. The highest BCUT2D eigenvalue weighted by Gasteiger charge is 2.38. The van der Waals surface area contributed by atoms with Crippen molar-refractivity contribution in [2.75, 3.05) is 5.32 Å². The summed E-state index contributed by atoms with van der Waals surface area (Å²) in [5, 5.41) is 11.8. The van der Waals surface area contributed by atoms with Crippen molar-refractivity contribution in [3.05, 3.63) is 60.3 Å². The van der Waals surface area contributed by atoms with Gasteiger partial charge in [0.25, 0.3) is 5.79 Å². The van der Waals surface area contributed by atoms with Gasteiger partial charge in [-0.05, 0) is 30.3 Å². The van der Waals surface area contributed by atoms with E-state index in [2.05, 4.69) is 15.5 Å². The van der Waals surface area contributed by atoms with E-state index in [1.165, 1.54) is 20.0 Å². The molecule has 2 aromatic carbocycles. The minimum atomic E-state index is -1.26. The molecule has 1 aliphatic rings. The molecule has 136 valence electrons. The van der Waals surface area contributed by atoms with E-state index in [4.69, 9.17) is 9.47 Å². The summed E-state index contributed by atoms with van der Waals surface area (Å²) in [6.07, 6.45) is 1.27. The van der Waals surface area contributed by atoms with Gasteiger partial charge in [0.2, 0.25) is 0 Å². The van der Waals surface area contributed by atoms with Crippen LogP contribution in [0.2, 0.25) is 0 Å². The lowest BCUT2D eigenvalue weighted by atomic mass is 10.2. The molecule has 0 radical (unpaired) electrons. The highest BCUT2D eigenvalue weighted by Crippen LogP contribution is 2.23. The van der Waals surface area contributed by atoms with Crippen LogP contribution in [0.3, 0.4) is 0 Å². The average molecular weight is 364 g/mol. The second kappa shape index (κ2) is 6.24. The van der Waals surface area contributed by atoms with Crippen molar-refractivity contribution < 1.29 is 19.1 Å². The largest absolute Gasteiger partial charge is 0.419 e. The number of fused-ring (bicyclic) bond motifs is 1. The maximum Gasteiger partial charge on any atom is 0.350 e. The summed E-state index contributed by atoms with van der Waals surface area (Å²) >= 11 is 0. The molecular formula is C19H16N4O4. The van der Waals surface area contributed by atoms with Crippen LogP contribution in [0.5, 0.6) is 0 Å². The molecule has 1 saturated heterocycles. The summed E-state index contributed by atoms with van der Waals surface area (Å²) in [6.45, 7) is 2.99. The van der Waals surface area contributed by atoms with Gasteiger partial charge in [0, 0.05) is 25.7 Å². The minimum absolute atomic E-state index is 0.206. The molecule has 0 bridgehead atoms. The van der Waals surface area contributed by atoms with Crippen molar-refractivity contribution >= 4 is 28.7 Å². The van der Waals surface area contributed by atoms with E-state index in [-0.39, 0.29) is 5.57 Å². The quantitative estimate of drug-likeness (QED) is 0.433. The number of aromatic nitrogens is 3. The lowest BCUT2D eigenvalue weighted by molar-refractivity contribution is -0.222. The predicted octanol–water partition coefficient (Wildman–Crippen LogP) is 2.55. The second-order valence-electron chi connectivity index (χ2n) is 6.41. The highest BCUT2D eigenvalue weighted by atomic mass is 16.7. The molecule has 8 nitrogen and oxygen atoms in total. The molecule has 4 rings (SSSR count). The van der Waals surface area contributed by atoms with Crippen molar-refractivity contribution in [2.45, 2.75) is 19.6 Å². The highest BCUT2D eigenvalue weighted by molar-refractivity contribution is 6.15. The Labute approximate surface area is 154 Å². The van der Waals surface area contributed by atoms with Crippen molar-refractivity contribution in [3.8, 4) is 5.69 Å². The van der Waals surface area contributed by atoms with Crippen LogP contribution >= 0.6 is 0 Å². The van der Waals surface area contributed by atoms with E-state index in [0.29, 0.717) is 11.2 Å². The molecule has 2 heterocycles. The number of cyclic esters (lactones) is 2. The lowest BCUT2D eigenvalue weighted by Gasteiger charge is -2.29. The van der Waals surface area contributed by atoms with Crippen LogP contribution in [-0.2, 0) is 19.1 Å². The molecule has 0 amide bonds. The minimum Gasteiger partial charge on any atom is -0.419 e. The fourth-order valence-electron chi connectivity index (χ4n) is 2.62. The maximum atomic E-state index is 12.0. The van der Waals surface area contributed by atoms with Crippen molar-refractivity contribution in [1.82, 2.24) is 15.0 Å². The van der Waals surface area contributed by atoms with E-state index in [1.54, 1.807) is 23.0 Å². The molecule has 3 aromatic rings. The Morgan fingerprint density at radius 1 is 0.963 bits per heavy atom. The topological polar surface area (TPSA) is 95.3 Å². The first-order valence-electron chi connectivity index (χ1n) is 8.27. The SMILES string of the molecule is CC1(C)OC(=O)C(=CNc2ccc3nn(-c4ccccc4)nc3c2)C(=O)O1. The number of para-hydroxylation sites is 1. The van der Waals surface area contributed by atoms with E-state index in [9.17, 15) is 9.59 Å². The van der Waals surface area contributed by atoms with Crippen LogP contribution in [0, 0.1) is 0 Å². The number of rotatable bonds is 3. The first kappa shape index (κ1) is 16.8. The van der Waals surface area contributed by atoms with Crippen molar-refractivity contribution in [2.24, 2.45) is 0 Å². The molecule has 1 fully saturated rings. The molecule has 1 N–H and O–H groups in total. The first-order valence-corrected chi connectivity index (χ1v) is 8.27. The monoisotopic (exact) mass is 364 g/mol. The Balaban J connectivity index is 1.58. The molecule has 8 heteroatoms. The van der Waals surface area contributed by atoms with Gasteiger partial charge in [0.15, 0.2) is 5.57 Å². The van der Waals surface area contributed by atoms with E-state index < -0.39 is 17.7 Å². The normalized spacial score (nSPS) is 16.0. The Morgan fingerprint density at radius 2 is 1.63 bits per heavy atom. The number of nitrogens with one attached hydrogen (secondary N) is 1. The van der Waals surface area contributed by atoms with E-state index in [0.717, 1.165) is 11.2 Å².